The van der Waals surface area contributed by atoms with Crippen LogP contribution in [0.2, 0.25) is 0 Å². The average Bonchev–Trinajstić information content (AvgIpc) is 2.62. The fraction of sp³-hybridized carbons (Fsp3) is 0. The molecule has 0 aliphatic carbocycles. The summed E-state index contributed by atoms with van der Waals surface area (Å²) in [6.07, 6.45) is 3.78. The summed E-state index contributed by atoms with van der Waals surface area (Å²) >= 11 is 0. The van der Waals surface area contributed by atoms with Gasteiger partial charge in [0.1, 0.15) is 0 Å². The van der Waals surface area contributed by atoms with Crippen LogP contribution in [0.1, 0.15) is 0 Å². The number of hydrogen-bond acceptors (Lipinski definition) is 2. The third-order valence-corrected chi connectivity index (χ3v) is 3.74. The number of fused-ring (bicyclic) bond motifs is 1. The molecule has 0 unspecified atom stereocenters. The molecular weight excluding hydrogens is 268 g/mol. The molecule has 2 nitrogen and oxygen atoms in total. The predicted octanol–water partition coefficient (Wildman–Crippen LogP) is 4.96. The standard InChI is InChI=1S/C20H14N2/c1-3-7-15(8-4-1)19-11-17-12-20(16-9-5-2-6-10-16)22-14-18(17)13-21-19/h1-14H. The first-order valence-corrected chi connectivity index (χ1v) is 7.27. The van der Waals surface area contributed by atoms with E-state index in [-0.39, 0.29) is 0 Å². The molecule has 2 heterocycles. The van der Waals surface area contributed by atoms with Crippen molar-refractivity contribution in [2.75, 3.05) is 0 Å². The van der Waals surface area contributed by atoms with E-state index in [1.165, 1.54) is 0 Å². The van der Waals surface area contributed by atoms with Crippen molar-refractivity contribution >= 4 is 10.8 Å². The summed E-state index contributed by atoms with van der Waals surface area (Å²) < 4.78 is 0. The molecule has 22 heavy (non-hydrogen) atoms. The van der Waals surface area contributed by atoms with Gasteiger partial charge in [0, 0.05) is 28.9 Å². The van der Waals surface area contributed by atoms with Crippen molar-refractivity contribution in [1.29, 1.82) is 0 Å². The van der Waals surface area contributed by atoms with E-state index in [2.05, 4.69) is 46.4 Å². The summed E-state index contributed by atoms with van der Waals surface area (Å²) in [4.78, 5) is 9.08. The van der Waals surface area contributed by atoms with Gasteiger partial charge in [-0.1, -0.05) is 60.7 Å². The maximum absolute atomic E-state index is 4.54. The second-order valence-electron chi connectivity index (χ2n) is 5.22. The molecular formula is C20H14N2. The quantitative estimate of drug-likeness (QED) is 0.519. The molecule has 0 bridgehead atoms. The first-order chi connectivity index (χ1) is 10.9. The minimum Gasteiger partial charge on any atom is -0.256 e. The van der Waals surface area contributed by atoms with Gasteiger partial charge in [-0.15, -0.1) is 0 Å². The van der Waals surface area contributed by atoms with Gasteiger partial charge in [-0.05, 0) is 17.5 Å². The molecule has 4 aromatic rings. The summed E-state index contributed by atoms with van der Waals surface area (Å²) in [5, 5.41) is 2.21. The number of pyridine rings is 2. The molecule has 0 aliphatic rings. The van der Waals surface area contributed by atoms with Gasteiger partial charge < -0.3 is 0 Å². The van der Waals surface area contributed by atoms with Crippen LogP contribution in [0.25, 0.3) is 33.3 Å². The Morgan fingerprint density at radius 2 is 0.955 bits per heavy atom. The normalized spacial score (nSPS) is 10.7. The highest BCUT2D eigenvalue weighted by molar-refractivity contribution is 5.87. The van der Waals surface area contributed by atoms with E-state index in [1.54, 1.807) is 0 Å². The van der Waals surface area contributed by atoms with Crippen LogP contribution in [0.15, 0.2) is 85.2 Å². The monoisotopic (exact) mass is 282 g/mol. The van der Waals surface area contributed by atoms with Crippen molar-refractivity contribution in [3.8, 4) is 22.5 Å². The SMILES string of the molecule is c1ccc(-c2cc3cc(-c4ccccc4)ncc3cn2)cc1. The molecule has 0 aliphatic heterocycles. The molecule has 2 aromatic heterocycles. The first-order valence-electron chi connectivity index (χ1n) is 7.27. The minimum atomic E-state index is 0.985. The lowest BCUT2D eigenvalue weighted by molar-refractivity contribution is 1.32. The Kier molecular flexibility index (Phi) is 3.13. The first kappa shape index (κ1) is 12.7. The Hall–Kier alpha value is -3.00. The number of nitrogens with zero attached hydrogens (tertiary/aromatic N) is 2. The van der Waals surface area contributed by atoms with Crippen molar-refractivity contribution in [2.45, 2.75) is 0 Å². The van der Waals surface area contributed by atoms with Crippen LogP contribution in [0.3, 0.4) is 0 Å². The van der Waals surface area contributed by atoms with Crippen LogP contribution in [0.4, 0.5) is 0 Å². The van der Waals surface area contributed by atoms with Crippen LogP contribution in [0.5, 0.6) is 0 Å². The summed E-state index contributed by atoms with van der Waals surface area (Å²) in [6, 6.07) is 24.7. The second-order valence-corrected chi connectivity index (χ2v) is 5.22. The lowest BCUT2D eigenvalue weighted by Crippen LogP contribution is -1.87. The average molecular weight is 282 g/mol. The van der Waals surface area contributed by atoms with Crippen LogP contribution < -0.4 is 0 Å². The van der Waals surface area contributed by atoms with Crippen LogP contribution in [-0.4, -0.2) is 9.97 Å². The summed E-state index contributed by atoms with van der Waals surface area (Å²) in [6.45, 7) is 0. The topological polar surface area (TPSA) is 25.8 Å². The largest absolute Gasteiger partial charge is 0.256 e. The minimum absolute atomic E-state index is 0.985. The number of benzene rings is 2. The molecule has 0 fully saturated rings. The second kappa shape index (κ2) is 5.41. The molecule has 0 atom stereocenters. The number of rotatable bonds is 2. The van der Waals surface area contributed by atoms with E-state index in [0.717, 1.165) is 33.3 Å². The predicted molar refractivity (Wildman–Crippen MR) is 90.4 cm³/mol. The third-order valence-electron chi connectivity index (χ3n) is 3.74. The molecule has 4 rings (SSSR count). The van der Waals surface area contributed by atoms with E-state index in [9.17, 15) is 0 Å². The van der Waals surface area contributed by atoms with E-state index >= 15 is 0 Å². The van der Waals surface area contributed by atoms with Gasteiger partial charge in [0.05, 0.1) is 11.4 Å². The van der Waals surface area contributed by atoms with Gasteiger partial charge in [-0.3, -0.25) is 9.97 Å². The zero-order valence-corrected chi connectivity index (χ0v) is 12.0. The van der Waals surface area contributed by atoms with Gasteiger partial charge in [-0.2, -0.15) is 0 Å². The maximum atomic E-state index is 4.54. The van der Waals surface area contributed by atoms with Crippen LogP contribution >= 0.6 is 0 Å². The summed E-state index contributed by atoms with van der Waals surface area (Å²) in [7, 11) is 0. The van der Waals surface area contributed by atoms with Gasteiger partial charge >= 0.3 is 0 Å². The molecule has 104 valence electrons. The smallest absolute Gasteiger partial charge is 0.0708 e. The van der Waals surface area contributed by atoms with Gasteiger partial charge in [0.2, 0.25) is 0 Å². The van der Waals surface area contributed by atoms with Gasteiger partial charge in [0.15, 0.2) is 0 Å². The highest BCUT2D eigenvalue weighted by atomic mass is 14.7. The third kappa shape index (κ3) is 2.35. The molecule has 0 N–H and O–H groups in total. The van der Waals surface area contributed by atoms with E-state index in [4.69, 9.17) is 0 Å². The number of hydrogen-bond donors (Lipinski definition) is 0. The highest BCUT2D eigenvalue weighted by Gasteiger charge is 2.04. The van der Waals surface area contributed by atoms with Crippen molar-refractivity contribution in [2.24, 2.45) is 0 Å². The zero-order chi connectivity index (χ0) is 14.8. The Morgan fingerprint density at radius 1 is 0.500 bits per heavy atom. The van der Waals surface area contributed by atoms with Crippen molar-refractivity contribution < 1.29 is 0 Å². The molecule has 2 aromatic carbocycles. The highest BCUT2D eigenvalue weighted by Crippen LogP contribution is 2.25. The van der Waals surface area contributed by atoms with Crippen LogP contribution in [-0.2, 0) is 0 Å². The van der Waals surface area contributed by atoms with Crippen molar-refractivity contribution in [3.63, 3.8) is 0 Å². The lowest BCUT2D eigenvalue weighted by Gasteiger charge is -2.05. The van der Waals surface area contributed by atoms with Crippen LogP contribution in [0, 0.1) is 0 Å². The molecule has 0 saturated heterocycles. The summed E-state index contributed by atoms with van der Waals surface area (Å²) in [5.74, 6) is 0. The molecule has 0 amide bonds. The van der Waals surface area contributed by atoms with E-state index in [1.807, 2.05) is 48.8 Å². The van der Waals surface area contributed by atoms with Crippen molar-refractivity contribution in [3.05, 3.63) is 85.2 Å². The van der Waals surface area contributed by atoms with Gasteiger partial charge in [-0.25, -0.2) is 0 Å². The number of aromatic nitrogens is 2. The van der Waals surface area contributed by atoms with Gasteiger partial charge in [0.25, 0.3) is 0 Å². The molecule has 0 spiro atoms. The Balaban J connectivity index is 1.85. The maximum Gasteiger partial charge on any atom is 0.0708 e. The fourth-order valence-corrected chi connectivity index (χ4v) is 2.57. The van der Waals surface area contributed by atoms with E-state index < -0.39 is 0 Å². The molecule has 0 saturated carbocycles. The Bertz CT molecular complexity index is 842. The fourth-order valence-electron chi connectivity index (χ4n) is 2.57. The Labute approximate surface area is 129 Å². The van der Waals surface area contributed by atoms with Crippen molar-refractivity contribution in [1.82, 2.24) is 9.97 Å². The lowest BCUT2D eigenvalue weighted by atomic mass is 10.1. The van der Waals surface area contributed by atoms with E-state index in [0.29, 0.717) is 0 Å². The summed E-state index contributed by atoms with van der Waals surface area (Å²) in [5.41, 5.74) is 4.22. The Morgan fingerprint density at radius 3 is 1.41 bits per heavy atom. The molecule has 2 heteroatoms. The zero-order valence-electron chi connectivity index (χ0n) is 12.0. The molecule has 0 radical (unpaired) electrons.